The normalized spacial score (nSPS) is 12.9. The summed E-state index contributed by atoms with van der Waals surface area (Å²) in [5, 5.41) is 4.07. The highest BCUT2D eigenvalue weighted by molar-refractivity contribution is 7.08. The predicted molar refractivity (Wildman–Crippen MR) is 48.0 cm³/mol. The maximum atomic E-state index is 11.1. The second-order valence-electron chi connectivity index (χ2n) is 2.63. The third-order valence-electron chi connectivity index (χ3n) is 1.84. The van der Waals surface area contributed by atoms with E-state index in [2.05, 4.69) is 5.38 Å². The Balaban J connectivity index is 2.79. The van der Waals surface area contributed by atoms with Crippen LogP contribution in [-0.2, 0) is 4.79 Å². The molecule has 0 saturated heterocycles. The van der Waals surface area contributed by atoms with Gasteiger partial charge in [-0.2, -0.15) is 11.3 Å². The van der Waals surface area contributed by atoms with Gasteiger partial charge in [0, 0.05) is 5.92 Å². The van der Waals surface area contributed by atoms with Gasteiger partial charge < -0.3 is 0 Å². The molecule has 1 heterocycles. The summed E-state index contributed by atoms with van der Waals surface area (Å²) >= 11 is 1.65. The van der Waals surface area contributed by atoms with E-state index in [-0.39, 0.29) is 11.7 Å². The molecule has 11 heavy (non-hydrogen) atoms. The molecule has 0 spiro atoms. The molecule has 0 bridgehead atoms. The monoisotopic (exact) mass is 168 g/mol. The highest BCUT2D eigenvalue weighted by Gasteiger charge is 2.13. The fourth-order valence-electron chi connectivity index (χ4n) is 1.23. The first-order valence-corrected chi connectivity index (χ1v) is 4.72. The number of ketones is 1. The molecule has 0 aliphatic carbocycles. The van der Waals surface area contributed by atoms with Crippen LogP contribution in [0.5, 0.6) is 0 Å². The zero-order valence-corrected chi connectivity index (χ0v) is 7.65. The predicted octanol–water partition coefficient (Wildman–Crippen LogP) is 2.83. The summed E-state index contributed by atoms with van der Waals surface area (Å²) in [6.45, 7) is 3.70. The van der Waals surface area contributed by atoms with Crippen molar-refractivity contribution in [3.8, 4) is 0 Å². The third kappa shape index (κ3) is 1.90. The zero-order valence-electron chi connectivity index (χ0n) is 6.83. The van der Waals surface area contributed by atoms with E-state index in [0.717, 1.165) is 6.42 Å². The molecule has 0 saturated carbocycles. The van der Waals surface area contributed by atoms with E-state index in [4.69, 9.17) is 0 Å². The maximum absolute atomic E-state index is 11.1. The Morgan fingerprint density at radius 1 is 1.73 bits per heavy atom. The van der Waals surface area contributed by atoms with Crippen LogP contribution in [0.1, 0.15) is 31.7 Å². The molecule has 1 unspecified atom stereocenters. The highest BCUT2D eigenvalue weighted by atomic mass is 32.1. The fraction of sp³-hybridized carbons (Fsp3) is 0.444. The van der Waals surface area contributed by atoms with Gasteiger partial charge in [-0.3, -0.25) is 4.79 Å². The minimum atomic E-state index is 0.126. The molecule has 60 valence electrons. The molecule has 1 rings (SSSR count). The van der Waals surface area contributed by atoms with Crippen LogP contribution < -0.4 is 0 Å². The molecule has 2 heteroatoms. The summed E-state index contributed by atoms with van der Waals surface area (Å²) < 4.78 is 0. The molecule has 0 aliphatic rings. The van der Waals surface area contributed by atoms with E-state index in [1.165, 1.54) is 5.56 Å². The molecular formula is C9H12OS. The van der Waals surface area contributed by atoms with Crippen LogP contribution in [0.2, 0.25) is 0 Å². The van der Waals surface area contributed by atoms with Crippen molar-refractivity contribution in [3.63, 3.8) is 0 Å². The molecule has 1 atom stereocenters. The lowest BCUT2D eigenvalue weighted by molar-refractivity contribution is -0.118. The SMILES string of the molecule is CCC(C(C)=O)c1ccsc1. The van der Waals surface area contributed by atoms with Crippen molar-refractivity contribution in [2.24, 2.45) is 0 Å². The lowest BCUT2D eigenvalue weighted by Gasteiger charge is -2.07. The second kappa shape index (κ2) is 3.67. The fourth-order valence-corrected chi connectivity index (χ4v) is 1.95. The van der Waals surface area contributed by atoms with Crippen LogP contribution in [-0.4, -0.2) is 5.78 Å². The Kier molecular flexibility index (Phi) is 2.83. The average molecular weight is 168 g/mol. The van der Waals surface area contributed by atoms with Crippen molar-refractivity contribution < 1.29 is 4.79 Å². The number of hydrogen-bond donors (Lipinski definition) is 0. The number of carbonyl (C=O) groups excluding carboxylic acids is 1. The standard InChI is InChI=1S/C9H12OS/c1-3-9(7(2)10)8-4-5-11-6-8/h4-6,9H,3H2,1-2H3. The lowest BCUT2D eigenvalue weighted by atomic mass is 9.96. The van der Waals surface area contributed by atoms with Crippen molar-refractivity contribution >= 4 is 17.1 Å². The van der Waals surface area contributed by atoms with Gasteiger partial charge in [0.05, 0.1) is 0 Å². The van der Waals surface area contributed by atoms with E-state index in [9.17, 15) is 4.79 Å². The molecule has 0 radical (unpaired) electrons. The van der Waals surface area contributed by atoms with Gasteiger partial charge in [0.2, 0.25) is 0 Å². The zero-order chi connectivity index (χ0) is 8.27. The molecule has 1 aromatic heterocycles. The molecular weight excluding hydrogens is 156 g/mol. The quantitative estimate of drug-likeness (QED) is 0.678. The van der Waals surface area contributed by atoms with Crippen molar-refractivity contribution in [3.05, 3.63) is 22.4 Å². The van der Waals surface area contributed by atoms with Crippen molar-refractivity contribution in [1.82, 2.24) is 0 Å². The van der Waals surface area contributed by atoms with Crippen LogP contribution in [0.4, 0.5) is 0 Å². The molecule has 1 aromatic rings. The van der Waals surface area contributed by atoms with Gasteiger partial charge >= 0.3 is 0 Å². The third-order valence-corrected chi connectivity index (χ3v) is 2.55. The van der Waals surface area contributed by atoms with Crippen LogP contribution in [0.3, 0.4) is 0 Å². The minimum absolute atomic E-state index is 0.126. The van der Waals surface area contributed by atoms with Gasteiger partial charge in [-0.15, -0.1) is 0 Å². The van der Waals surface area contributed by atoms with Crippen molar-refractivity contribution in [2.75, 3.05) is 0 Å². The van der Waals surface area contributed by atoms with E-state index in [1.54, 1.807) is 18.3 Å². The van der Waals surface area contributed by atoms with E-state index in [1.807, 2.05) is 18.4 Å². The summed E-state index contributed by atoms with van der Waals surface area (Å²) in [6, 6.07) is 2.03. The van der Waals surface area contributed by atoms with Crippen molar-refractivity contribution in [1.29, 1.82) is 0 Å². The summed E-state index contributed by atoms with van der Waals surface area (Å²) in [7, 11) is 0. The largest absolute Gasteiger partial charge is 0.299 e. The molecule has 0 amide bonds. The van der Waals surface area contributed by atoms with E-state index >= 15 is 0 Å². The Morgan fingerprint density at radius 2 is 2.45 bits per heavy atom. The first-order valence-electron chi connectivity index (χ1n) is 3.78. The van der Waals surface area contributed by atoms with E-state index in [0.29, 0.717) is 0 Å². The lowest BCUT2D eigenvalue weighted by Crippen LogP contribution is -2.05. The number of thiophene rings is 1. The maximum Gasteiger partial charge on any atom is 0.137 e. The van der Waals surface area contributed by atoms with Crippen molar-refractivity contribution in [2.45, 2.75) is 26.2 Å². The summed E-state index contributed by atoms with van der Waals surface area (Å²) in [5.74, 6) is 0.396. The van der Waals surface area contributed by atoms with Gasteiger partial charge in [0.25, 0.3) is 0 Å². The molecule has 0 aromatic carbocycles. The molecule has 0 aliphatic heterocycles. The number of Topliss-reactive ketones (excluding diaryl/α,β-unsaturated/α-hetero) is 1. The van der Waals surface area contributed by atoms with Gasteiger partial charge in [0.1, 0.15) is 5.78 Å². The smallest absolute Gasteiger partial charge is 0.137 e. The second-order valence-corrected chi connectivity index (χ2v) is 3.41. The molecule has 0 N–H and O–H groups in total. The van der Waals surface area contributed by atoms with E-state index < -0.39 is 0 Å². The summed E-state index contributed by atoms with van der Waals surface area (Å²) in [4.78, 5) is 11.1. The number of rotatable bonds is 3. The van der Waals surface area contributed by atoms with Gasteiger partial charge in [0.15, 0.2) is 0 Å². The van der Waals surface area contributed by atoms with Crippen LogP contribution >= 0.6 is 11.3 Å². The average Bonchev–Trinajstić information content (AvgIpc) is 2.40. The highest BCUT2D eigenvalue weighted by Crippen LogP contribution is 2.22. The Hall–Kier alpha value is -0.630. The van der Waals surface area contributed by atoms with Crippen LogP contribution in [0.25, 0.3) is 0 Å². The van der Waals surface area contributed by atoms with Gasteiger partial charge in [-0.25, -0.2) is 0 Å². The number of carbonyl (C=O) groups is 1. The topological polar surface area (TPSA) is 17.1 Å². The Bertz CT molecular complexity index is 226. The first kappa shape index (κ1) is 8.47. The Labute approximate surface area is 71.1 Å². The van der Waals surface area contributed by atoms with Crippen LogP contribution in [0, 0.1) is 0 Å². The Morgan fingerprint density at radius 3 is 2.82 bits per heavy atom. The summed E-state index contributed by atoms with van der Waals surface area (Å²) in [5.41, 5.74) is 1.17. The first-order chi connectivity index (χ1) is 5.25. The van der Waals surface area contributed by atoms with Gasteiger partial charge in [-0.1, -0.05) is 6.92 Å². The van der Waals surface area contributed by atoms with Crippen LogP contribution in [0.15, 0.2) is 16.8 Å². The minimum Gasteiger partial charge on any atom is -0.299 e. The van der Waals surface area contributed by atoms with Gasteiger partial charge in [-0.05, 0) is 35.7 Å². The summed E-state index contributed by atoms with van der Waals surface area (Å²) in [6.07, 6.45) is 0.909. The number of hydrogen-bond acceptors (Lipinski definition) is 2. The molecule has 1 nitrogen and oxygen atoms in total. The molecule has 0 fully saturated rings.